The van der Waals surface area contributed by atoms with Gasteiger partial charge in [-0.1, -0.05) is 23.8 Å². The Kier molecular flexibility index (Phi) is 6.27. The third-order valence-electron chi connectivity index (χ3n) is 5.37. The van der Waals surface area contributed by atoms with Crippen LogP contribution >= 0.6 is 0 Å². The van der Waals surface area contributed by atoms with Crippen molar-refractivity contribution >= 4 is 10.0 Å². The molecule has 0 bridgehead atoms. The van der Waals surface area contributed by atoms with Gasteiger partial charge >= 0.3 is 0 Å². The van der Waals surface area contributed by atoms with Crippen LogP contribution in [-0.2, 0) is 16.6 Å². The number of ether oxygens (including phenoxy) is 2. The minimum absolute atomic E-state index is 0.239. The molecule has 1 aliphatic heterocycles. The molecular formula is C21H29N2O4S+. The molecule has 1 aliphatic rings. The third kappa shape index (κ3) is 4.32. The van der Waals surface area contributed by atoms with Gasteiger partial charge in [0, 0.05) is 11.6 Å². The van der Waals surface area contributed by atoms with Crippen molar-refractivity contribution in [2.24, 2.45) is 0 Å². The lowest BCUT2D eigenvalue weighted by atomic mass is 10.1. The summed E-state index contributed by atoms with van der Waals surface area (Å²) >= 11 is 0. The van der Waals surface area contributed by atoms with E-state index in [1.807, 2.05) is 0 Å². The van der Waals surface area contributed by atoms with Crippen LogP contribution in [0.2, 0.25) is 0 Å². The lowest BCUT2D eigenvalue weighted by molar-refractivity contribution is -0.917. The van der Waals surface area contributed by atoms with Gasteiger partial charge in [-0.3, -0.25) is 0 Å². The maximum atomic E-state index is 13.0. The monoisotopic (exact) mass is 405 g/mol. The molecule has 0 atom stereocenters. The minimum Gasteiger partial charge on any atom is -0.493 e. The van der Waals surface area contributed by atoms with E-state index in [-0.39, 0.29) is 4.90 Å². The Morgan fingerprint density at radius 1 is 0.964 bits per heavy atom. The van der Waals surface area contributed by atoms with Crippen molar-refractivity contribution in [3.8, 4) is 11.5 Å². The molecule has 1 heterocycles. The van der Waals surface area contributed by atoms with E-state index in [4.69, 9.17) is 9.47 Å². The molecular weight excluding hydrogens is 376 g/mol. The Bertz CT molecular complexity index is 935. The van der Waals surface area contributed by atoms with Crippen molar-refractivity contribution in [1.29, 1.82) is 0 Å². The van der Waals surface area contributed by atoms with Crippen LogP contribution in [0.4, 0.5) is 0 Å². The first-order chi connectivity index (χ1) is 13.3. The molecule has 0 radical (unpaired) electrons. The highest BCUT2D eigenvalue weighted by molar-refractivity contribution is 7.89. The standard InChI is InChI=1S/C21H28N2O4S/c1-16-5-6-17(2)18(13-16)15-22-9-11-23(12-10-22)28(24,25)19-7-8-20(26-3)21(14-19)27-4/h5-8,13-14H,9-12,15H2,1-4H3/p+1. The quantitative estimate of drug-likeness (QED) is 0.790. The van der Waals surface area contributed by atoms with Crippen LogP contribution in [0.3, 0.4) is 0 Å². The maximum Gasteiger partial charge on any atom is 0.243 e. The van der Waals surface area contributed by atoms with Crippen LogP contribution < -0.4 is 14.4 Å². The first-order valence-corrected chi connectivity index (χ1v) is 10.9. The van der Waals surface area contributed by atoms with Crippen LogP contribution in [-0.4, -0.2) is 53.1 Å². The third-order valence-corrected chi connectivity index (χ3v) is 7.26. The Balaban J connectivity index is 1.69. The van der Waals surface area contributed by atoms with Gasteiger partial charge in [-0.05, 0) is 31.5 Å². The zero-order valence-electron chi connectivity index (χ0n) is 17.0. The first kappa shape index (κ1) is 20.6. The van der Waals surface area contributed by atoms with E-state index in [9.17, 15) is 8.42 Å². The summed E-state index contributed by atoms with van der Waals surface area (Å²) in [5, 5.41) is 0. The van der Waals surface area contributed by atoms with Gasteiger partial charge in [-0.15, -0.1) is 0 Å². The zero-order chi connectivity index (χ0) is 20.3. The molecule has 0 aliphatic carbocycles. The number of hydrogen-bond donors (Lipinski definition) is 1. The number of nitrogens with one attached hydrogen (secondary N) is 1. The summed E-state index contributed by atoms with van der Waals surface area (Å²) in [7, 11) is -0.511. The molecule has 28 heavy (non-hydrogen) atoms. The summed E-state index contributed by atoms with van der Waals surface area (Å²) in [5.74, 6) is 0.937. The summed E-state index contributed by atoms with van der Waals surface area (Å²) in [4.78, 5) is 1.65. The Morgan fingerprint density at radius 3 is 2.29 bits per heavy atom. The second-order valence-electron chi connectivity index (χ2n) is 7.28. The second kappa shape index (κ2) is 8.51. The molecule has 2 aromatic carbocycles. The fraction of sp³-hybridized carbons (Fsp3) is 0.429. The van der Waals surface area contributed by atoms with E-state index >= 15 is 0 Å². The number of aryl methyl sites for hydroxylation is 2. The molecule has 3 rings (SSSR count). The van der Waals surface area contributed by atoms with E-state index in [1.54, 1.807) is 16.4 Å². The minimum atomic E-state index is -3.55. The number of rotatable bonds is 6. The van der Waals surface area contributed by atoms with Crippen molar-refractivity contribution in [1.82, 2.24) is 4.31 Å². The molecule has 1 saturated heterocycles. The summed E-state index contributed by atoms with van der Waals surface area (Å²) < 4.78 is 38.1. The van der Waals surface area contributed by atoms with Crippen molar-refractivity contribution in [3.63, 3.8) is 0 Å². The highest BCUT2D eigenvalue weighted by atomic mass is 32.2. The van der Waals surface area contributed by atoms with E-state index in [1.165, 1.54) is 41.9 Å². The van der Waals surface area contributed by atoms with Gasteiger partial charge in [0.05, 0.1) is 45.3 Å². The molecule has 0 unspecified atom stereocenters. The van der Waals surface area contributed by atoms with Gasteiger partial charge in [-0.2, -0.15) is 4.31 Å². The molecule has 152 valence electrons. The van der Waals surface area contributed by atoms with E-state index in [2.05, 4.69) is 32.0 Å². The lowest BCUT2D eigenvalue weighted by Crippen LogP contribution is -3.13. The van der Waals surface area contributed by atoms with Crippen molar-refractivity contribution in [2.75, 3.05) is 40.4 Å². The number of nitrogens with zero attached hydrogens (tertiary/aromatic N) is 1. The normalized spacial score (nSPS) is 16.1. The van der Waals surface area contributed by atoms with Crippen LogP contribution in [0.5, 0.6) is 11.5 Å². The molecule has 0 saturated carbocycles. The topological polar surface area (TPSA) is 60.3 Å². The molecule has 2 aromatic rings. The Morgan fingerprint density at radius 2 is 1.64 bits per heavy atom. The predicted molar refractivity (Wildman–Crippen MR) is 109 cm³/mol. The summed E-state index contributed by atoms with van der Waals surface area (Å²) in [6.45, 7) is 7.77. The zero-order valence-corrected chi connectivity index (χ0v) is 17.8. The Labute approximate surface area is 167 Å². The smallest absolute Gasteiger partial charge is 0.243 e. The second-order valence-corrected chi connectivity index (χ2v) is 9.22. The molecule has 0 amide bonds. The molecule has 0 aromatic heterocycles. The van der Waals surface area contributed by atoms with Gasteiger partial charge in [0.2, 0.25) is 10.0 Å². The van der Waals surface area contributed by atoms with Gasteiger partial charge < -0.3 is 14.4 Å². The molecule has 0 spiro atoms. The molecule has 1 N–H and O–H groups in total. The number of sulfonamides is 1. The summed E-state index contributed by atoms with van der Waals surface area (Å²) in [5.41, 5.74) is 3.89. The van der Waals surface area contributed by atoms with Crippen LogP contribution in [0.1, 0.15) is 16.7 Å². The van der Waals surface area contributed by atoms with Gasteiger partial charge in [0.1, 0.15) is 6.54 Å². The van der Waals surface area contributed by atoms with Gasteiger partial charge in [0.15, 0.2) is 11.5 Å². The predicted octanol–water partition coefficient (Wildman–Crippen LogP) is 1.41. The number of methoxy groups -OCH3 is 2. The summed E-state index contributed by atoms with van der Waals surface area (Å²) in [6.07, 6.45) is 0. The molecule has 7 heteroatoms. The van der Waals surface area contributed by atoms with Crippen molar-refractivity contribution in [2.45, 2.75) is 25.3 Å². The average Bonchev–Trinajstić information content (AvgIpc) is 2.70. The van der Waals surface area contributed by atoms with Crippen LogP contribution in [0.25, 0.3) is 0 Å². The van der Waals surface area contributed by atoms with Crippen LogP contribution in [0.15, 0.2) is 41.3 Å². The highest BCUT2D eigenvalue weighted by Gasteiger charge is 2.31. The van der Waals surface area contributed by atoms with E-state index < -0.39 is 10.0 Å². The number of hydrogen-bond acceptors (Lipinski definition) is 4. The van der Waals surface area contributed by atoms with Crippen molar-refractivity contribution < 1.29 is 22.8 Å². The van der Waals surface area contributed by atoms with Crippen molar-refractivity contribution in [3.05, 3.63) is 53.1 Å². The molecule has 1 fully saturated rings. The lowest BCUT2D eigenvalue weighted by Gasteiger charge is -2.32. The highest BCUT2D eigenvalue weighted by Crippen LogP contribution is 2.30. The average molecular weight is 406 g/mol. The largest absolute Gasteiger partial charge is 0.493 e. The van der Waals surface area contributed by atoms with Gasteiger partial charge in [0.25, 0.3) is 0 Å². The number of quaternary nitrogens is 1. The SMILES string of the molecule is COc1ccc(S(=O)(=O)N2CC[NH+](Cc3cc(C)ccc3C)CC2)cc1OC. The maximum absolute atomic E-state index is 13.0. The Hall–Kier alpha value is -2.09. The number of piperazine rings is 1. The summed E-state index contributed by atoms with van der Waals surface area (Å²) in [6, 6.07) is 11.3. The number of benzene rings is 2. The fourth-order valence-electron chi connectivity index (χ4n) is 3.61. The van der Waals surface area contributed by atoms with E-state index in [0.717, 1.165) is 19.6 Å². The van der Waals surface area contributed by atoms with E-state index in [0.29, 0.717) is 24.6 Å². The first-order valence-electron chi connectivity index (χ1n) is 9.47. The molecule has 6 nitrogen and oxygen atoms in total. The fourth-order valence-corrected chi connectivity index (χ4v) is 5.06. The van der Waals surface area contributed by atoms with Crippen LogP contribution in [0, 0.1) is 13.8 Å². The van der Waals surface area contributed by atoms with Gasteiger partial charge in [-0.25, -0.2) is 8.42 Å².